The molecule has 0 spiro atoms. The van der Waals surface area contributed by atoms with Gasteiger partial charge in [0.1, 0.15) is 10.6 Å². The molecule has 1 atom stereocenters. The van der Waals surface area contributed by atoms with Crippen molar-refractivity contribution in [2.75, 3.05) is 20.6 Å². The Morgan fingerprint density at radius 3 is 2.41 bits per heavy atom. The first-order valence-corrected chi connectivity index (χ1v) is 9.40. The normalized spacial score (nSPS) is 18.8. The molecular formula is C15H27N3O3S. The molecule has 22 heavy (non-hydrogen) atoms. The Kier molecular flexibility index (Phi) is 5.63. The summed E-state index contributed by atoms with van der Waals surface area (Å²) in [5.74, 6) is 0.889. The van der Waals surface area contributed by atoms with Crippen LogP contribution in [0.25, 0.3) is 0 Å². The van der Waals surface area contributed by atoms with Crippen molar-refractivity contribution in [2.45, 2.75) is 56.9 Å². The lowest BCUT2D eigenvalue weighted by Crippen LogP contribution is -2.45. The topological polar surface area (TPSA) is 75.4 Å². The first kappa shape index (κ1) is 17.4. The predicted molar refractivity (Wildman–Crippen MR) is 85.2 cm³/mol. The minimum absolute atomic E-state index is 0.175. The highest BCUT2D eigenvalue weighted by atomic mass is 32.2. The van der Waals surface area contributed by atoms with Crippen LogP contribution in [0.1, 0.15) is 43.6 Å². The van der Waals surface area contributed by atoms with E-state index in [4.69, 9.17) is 4.52 Å². The van der Waals surface area contributed by atoms with E-state index in [2.05, 4.69) is 14.8 Å². The van der Waals surface area contributed by atoms with E-state index in [-0.39, 0.29) is 10.9 Å². The Morgan fingerprint density at radius 1 is 1.27 bits per heavy atom. The Labute approximate surface area is 133 Å². The summed E-state index contributed by atoms with van der Waals surface area (Å²) in [6.07, 6.45) is 6.13. The second-order valence-corrected chi connectivity index (χ2v) is 8.14. The summed E-state index contributed by atoms with van der Waals surface area (Å²) < 4.78 is 32.8. The lowest BCUT2D eigenvalue weighted by molar-refractivity contribution is 0.172. The van der Waals surface area contributed by atoms with Crippen LogP contribution >= 0.6 is 0 Å². The smallest absolute Gasteiger partial charge is 0.246 e. The molecule has 0 amide bonds. The number of hydrogen-bond donors (Lipinski definition) is 1. The molecular weight excluding hydrogens is 302 g/mol. The van der Waals surface area contributed by atoms with Crippen molar-refractivity contribution in [1.82, 2.24) is 14.8 Å². The number of likely N-dealkylation sites (N-methyl/N-ethyl adjacent to an activating group) is 1. The Morgan fingerprint density at radius 2 is 1.91 bits per heavy atom. The average molecular weight is 329 g/mol. The van der Waals surface area contributed by atoms with E-state index in [0.29, 0.717) is 23.9 Å². The third-order valence-corrected chi connectivity index (χ3v) is 6.24. The van der Waals surface area contributed by atoms with Crippen molar-refractivity contribution in [2.24, 2.45) is 5.92 Å². The van der Waals surface area contributed by atoms with Crippen molar-refractivity contribution in [3.8, 4) is 0 Å². The second-order valence-electron chi connectivity index (χ2n) is 6.43. The molecule has 1 fully saturated rings. The maximum Gasteiger partial charge on any atom is 0.246 e. The van der Waals surface area contributed by atoms with Gasteiger partial charge in [0.05, 0.1) is 0 Å². The molecule has 0 radical (unpaired) electrons. The Hall–Kier alpha value is -0.920. The van der Waals surface area contributed by atoms with Gasteiger partial charge in [-0.25, -0.2) is 13.1 Å². The number of sulfonamides is 1. The van der Waals surface area contributed by atoms with Gasteiger partial charge in [-0.05, 0) is 46.7 Å². The van der Waals surface area contributed by atoms with Gasteiger partial charge in [-0.1, -0.05) is 24.4 Å². The third-order valence-electron chi connectivity index (χ3n) is 4.58. The number of rotatable bonds is 6. The van der Waals surface area contributed by atoms with Crippen molar-refractivity contribution >= 4 is 10.0 Å². The van der Waals surface area contributed by atoms with Gasteiger partial charge in [0.2, 0.25) is 10.0 Å². The first-order valence-electron chi connectivity index (χ1n) is 7.92. The highest BCUT2D eigenvalue weighted by Crippen LogP contribution is 2.28. The van der Waals surface area contributed by atoms with Crippen LogP contribution in [0.3, 0.4) is 0 Å². The van der Waals surface area contributed by atoms with Gasteiger partial charge in [-0.15, -0.1) is 0 Å². The molecule has 1 saturated carbocycles. The summed E-state index contributed by atoms with van der Waals surface area (Å²) in [4.78, 5) is 2.31. The van der Waals surface area contributed by atoms with Crippen molar-refractivity contribution in [1.29, 1.82) is 0 Å². The third kappa shape index (κ3) is 3.88. The zero-order valence-corrected chi connectivity index (χ0v) is 14.7. The fraction of sp³-hybridized carbons (Fsp3) is 0.800. The summed E-state index contributed by atoms with van der Waals surface area (Å²) in [5.41, 5.74) is 0.407. The molecule has 6 nitrogen and oxygen atoms in total. The van der Waals surface area contributed by atoms with Gasteiger partial charge in [-0.3, -0.25) is 0 Å². The molecule has 0 aliphatic heterocycles. The van der Waals surface area contributed by atoms with Gasteiger partial charge in [0, 0.05) is 12.6 Å². The fourth-order valence-electron chi connectivity index (χ4n) is 3.42. The fourth-order valence-corrected chi connectivity index (χ4v) is 4.79. The number of nitrogens with one attached hydrogen (secondary N) is 1. The molecule has 2 rings (SSSR count). The van der Waals surface area contributed by atoms with E-state index in [0.717, 1.165) is 0 Å². The summed E-state index contributed by atoms with van der Waals surface area (Å²) in [7, 11) is 0.456. The summed E-state index contributed by atoms with van der Waals surface area (Å²) in [6.45, 7) is 3.69. The predicted octanol–water partition coefficient (Wildman–Crippen LogP) is 2.08. The van der Waals surface area contributed by atoms with Crippen molar-refractivity contribution in [3.05, 3.63) is 11.5 Å². The molecule has 126 valence electrons. The lowest BCUT2D eigenvalue weighted by Gasteiger charge is -2.34. The molecule has 0 aromatic carbocycles. The van der Waals surface area contributed by atoms with Gasteiger partial charge < -0.3 is 9.42 Å². The molecule has 0 bridgehead atoms. The summed E-state index contributed by atoms with van der Waals surface area (Å²) in [5, 5.41) is 3.73. The molecule has 1 aromatic heterocycles. The SMILES string of the molecule is Cc1noc(C)c1S(=O)(=O)NC[C@@H](C1CCCCC1)N(C)C. The minimum Gasteiger partial charge on any atom is -0.360 e. The van der Waals surface area contributed by atoms with Crippen LogP contribution in [-0.2, 0) is 10.0 Å². The van der Waals surface area contributed by atoms with Crippen LogP contribution in [0.2, 0.25) is 0 Å². The lowest BCUT2D eigenvalue weighted by atomic mass is 9.83. The zero-order chi connectivity index (χ0) is 16.3. The number of hydrogen-bond acceptors (Lipinski definition) is 5. The molecule has 0 saturated heterocycles. The molecule has 1 aliphatic rings. The van der Waals surface area contributed by atoms with E-state index in [1.807, 2.05) is 14.1 Å². The van der Waals surface area contributed by atoms with Crippen molar-refractivity contribution < 1.29 is 12.9 Å². The number of aryl methyl sites for hydroxylation is 2. The largest absolute Gasteiger partial charge is 0.360 e. The highest BCUT2D eigenvalue weighted by molar-refractivity contribution is 7.89. The standard InChI is InChI=1S/C15H27N3O3S/c1-11-15(12(2)21-17-11)22(19,20)16-10-14(18(3)4)13-8-6-5-7-9-13/h13-14,16H,5-10H2,1-4H3/t14-/m0/s1. The van der Waals surface area contributed by atoms with Crippen LogP contribution in [0.15, 0.2) is 9.42 Å². The van der Waals surface area contributed by atoms with Gasteiger partial charge in [0.25, 0.3) is 0 Å². The summed E-state index contributed by atoms with van der Waals surface area (Å²) >= 11 is 0. The quantitative estimate of drug-likeness (QED) is 0.865. The van der Waals surface area contributed by atoms with Gasteiger partial charge >= 0.3 is 0 Å². The van der Waals surface area contributed by atoms with Crippen LogP contribution in [-0.4, -0.2) is 45.2 Å². The Balaban J connectivity index is 2.08. The Bertz CT molecular complexity index is 570. The van der Waals surface area contributed by atoms with E-state index < -0.39 is 10.0 Å². The average Bonchev–Trinajstić information content (AvgIpc) is 2.79. The summed E-state index contributed by atoms with van der Waals surface area (Å²) in [6, 6.07) is 0.218. The second kappa shape index (κ2) is 7.10. The van der Waals surface area contributed by atoms with Gasteiger partial charge in [0.15, 0.2) is 5.76 Å². The van der Waals surface area contributed by atoms with Crippen molar-refractivity contribution in [3.63, 3.8) is 0 Å². The van der Waals surface area contributed by atoms with Gasteiger partial charge in [-0.2, -0.15) is 0 Å². The molecule has 1 aromatic rings. The van der Waals surface area contributed by atoms with E-state index in [9.17, 15) is 8.42 Å². The van der Waals surface area contributed by atoms with E-state index in [1.54, 1.807) is 13.8 Å². The number of nitrogens with zero attached hydrogens (tertiary/aromatic N) is 2. The minimum atomic E-state index is -3.58. The maximum absolute atomic E-state index is 12.5. The van der Waals surface area contributed by atoms with Crippen LogP contribution in [0.4, 0.5) is 0 Å². The zero-order valence-electron chi connectivity index (χ0n) is 13.9. The van der Waals surface area contributed by atoms with E-state index >= 15 is 0 Å². The molecule has 1 N–H and O–H groups in total. The molecule has 0 unspecified atom stereocenters. The molecule has 1 aliphatic carbocycles. The highest BCUT2D eigenvalue weighted by Gasteiger charge is 2.29. The van der Waals surface area contributed by atoms with Crippen LogP contribution < -0.4 is 4.72 Å². The molecule has 7 heteroatoms. The molecule has 1 heterocycles. The number of aromatic nitrogens is 1. The maximum atomic E-state index is 12.5. The monoisotopic (exact) mass is 329 g/mol. The first-order chi connectivity index (χ1) is 10.3. The van der Waals surface area contributed by atoms with Crippen LogP contribution in [0.5, 0.6) is 0 Å². The van der Waals surface area contributed by atoms with E-state index in [1.165, 1.54) is 32.1 Å². The van der Waals surface area contributed by atoms with Crippen LogP contribution in [0, 0.1) is 19.8 Å².